The molecule has 0 bridgehead atoms. The van der Waals surface area contributed by atoms with Crippen molar-refractivity contribution in [2.45, 2.75) is 0 Å². The SMILES string of the molecule is c1ccc(-c2cc(-c3ccccc3)cc(-c3c4cc5c6ccccc6c6cccc(c4c(-c4cc(-c7ccccc7)cc(-c7ccccc7)c4)c4c7cc8ccc9ccccc9c8c8cccc(c34)c78)c65)c2)cc1. The first kappa shape index (κ1) is 41.0. The molecule has 74 heavy (non-hydrogen) atoms. The summed E-state index contributed by atoms with van der Waals surface area (Å²) >= 11 is 0. The Balaban J connectivity index is 1.19. The van der Waals surface area contributed by atoms with E-state index in [-0.39, 0.29) is 0 Å². The molecular formula is C74H44. The Kier molecular flexibility index (Phi) is 8.84. The van der Waals surface area contributed by atoms with E-state index in [1.165, 1.54) is 164 Å². The van der Waals surface area contributed by atoms with E-state index in [9.17, 15) is 0 Å². The molecule has 16 aromatic rings. The summed E-state index contributed by atoms with van der Waals surface area (Å²) in [5, 5.41) is 23.2. The van der Waals surface area contributed by atoms with Crippen LogP contribution in [0.25, 0.3) is 164 Å². The molecule has 0 saturated carbocycles. The molecule has 0 unspecified atom stereocenters. The molecule has 0 fully saturated rings. The van der Waals surface area contributed by atoms with Gasteiger partial charge in [-0.2, -0.15) is 0 Å². The van der Waals surface area contributed by atoms with Crippen LogP contribution in [0.3, 0.4) is 0 Å². The highest BCUT2D eigenvalue weighted by Gasteiger charge is 2.28. The molecule has 0 heteroatoms. The van der Waals surface area contributed by atoms with Crippen LogP contribution in [0.15, 0.2) is 267 Å². The third-order valence-electron chi connectivity index (χ3n) is 16.2. The van der Waals surface area contributed by atoms with Crippen LogP contribution in [0.2, 0.25) is 0 Å². The molecule has 0 spiro atoms. The van der Waals surface area contributed by atoms with Gasteiger partial charge in [0.25, 0.3) is 0 Å². The van der Waals surface area contributed by atoms with Gasteiger partial charge >= 0.3 is 0 Å². The van der Waals surface area contributed by atoms with Crippen LogP contribution in [0.1, 0.15) is 0 Å². The minimum atomic E-state index is 1.19. The van der Waals surface area contributed by atoms with E-state index in [0.29, 0.717) is 0 Å². The topological polar surface area (TPSA) is 0 Å². The van der Waals surface area contributed by atoms with E-state index in [2.05, 4.69) is 267 Å². The summed E-state index contributed by atoms with van der Waals surface area (Å²) < 4.78 is 0. The van der Waals surface area contributed by atoms with Gasteiger partial charge in [-0.25, -0.2) is 0 Å². The summed E-state index contributed by atoms with van der Waals surface area (Å²) in [5.41, 5.74) is 14.5. The van der Waals surface area contributed by atoms with Gasteiger partial charge in [0.1, 0.15) is 0 Å². The maximum absolute atomic E-state index is 2.58. The average Bonchev–Trinajstić information content (AvgIpc) is 4.09. The molecule has 340 valence electrons. The van der Waals surface area contributed by atoms with Crippen LogP contribution < -0.4 is 0 Å². The van der Waals surface area contributed by atoms with Crippen LogP contribution in [-0.2, 0) is 0 Å². The predicted molar refractivity (Wildman–Crippen MR) is 319 cm³/mol. The smallest absolute Gasteiger partial charge is 0.000696 e. The second kappa shape index (κ2) is 15.9. The molecule has 0 radical (unpaired) electrons. The second-order valence-corrected chi connectivity index (χ2v) is 20.2. The highest BCUT2D eigenvalue weighted by atomic mass is 14.3. The quantitative estimate of drug-likeness (QED) is 0.146. The monoisotopic (exact) mass is 932 g/mol. The fourth-order valence-electron chi connectivity index (χ4n) is 13.1. The van der Waals surface area contributed by atoms with Crippen molar-refractivity contribution in [3.63, 3.8) is 0 Å². The van der Waals surface area contributed by atoms with Gasteiger partial charge in [0, 0.05) is 0 Å². The van der Waals surface area contributed by atoms with Gasteiger partial charge in [-0.1, -0.05) is 218 Å². The van der Waals surface area contributed by atoms with Gasteiger partial charge in [0.05, 0.1) is 0 Å². The van der Waals surface area contributed by atoms with Crippen molar-refractivity contribution in [2.24, 2.45) is 0 Å². The summed E-state index contributed by atoms with van der Waals surface area (Å²) in [6.45, 7) is 0. The Morgan fingerprint density at radius 2 is 0.514 bits per heavy atom. The Labute approximate surface area is 428 Å². The zero-order valence-corrected chi connectivity index (χ0v) is 40.4. The minimum absolute atomic E-state index is 1.19. The van der Waals surface area contributed by atoms with E-state index in [4.69, 9.17) is 0 Å². The predicted octanol–water partition coefficient (Wildman–Crippen LogP) is 20.9. The molecule has 0 aliphatic carbocycles. The summed E-state index contributed by atoms with van der Waals surface area (Å²) in [4.78, 5) is 0. The molecule has 0 saturated heterocycles. The Morgan fingerprint density at radius 3 is 1.07 bits per heavy atom. The van der Waals surface area contributed by atoms with Crippen LogP contribution in [0.5, 0.6) is 0 Å². The fraction of sp³-hybridized carbons (Fsp3) is 0. The van der Waals surface area contributed by atoms with E-state index >= 15 is 0 Å². The van der Waals surface area contributed by atoms with Crippen molar-refractivity contribution < 1.29 is 0 Å². The molecule has 0 heterocycles. The maximum Gasteiger partial charge on any atom is -0.000696 e. The van der Waals surface area contributed by atoms with Gasteiger partial charge in [-0.15, -0.1) is 0 Å². The first-order chi connectivity index (χ1) is 36.7. The molecular weight excluding hydrogens is 889 g/mol. The lowest BCUT2D eigenvalue weighted by molar-refractivity contribution is 1.58. The van der Waals surface area contributed by atoms with Crippen molar-refractivity contribution in [3.05, 3.63) is 267 Å². The number of hydrogen-bond acceptors (Lipinski definition) is 0. The van der Waals surface area contributed by atoms with Crippen LogP contribution in [0, 0.1) is 0 Å². The number of hydrogen-bond donors (Lipinski definition) is 0. The second-order valence-electron chi connectivity index (χ2n) is 20.2. The summed E-state index contributed by atoms with van der Waals surface area (Å²) in [6, 6.07) is 100. The first-order valence-electron chi connectivity index (χ1n) is 25.8. The highest BCUT2D eigenvalue weighted by molar-refractivity contribution is 6.46. The lowest BCUT2D eigenvalue weighted by Crippen LogP contribution is -1.94. The van der Waals surface area contributed by atoms with E-state index < -0.39 is 0 Å². The summed E-state index contributed by atoms with van der Waals surface area (Å²) in [7, 11) is 0. The van der Waals surface area contributed by atoms with Gasteiger partial charge in [-0.3, -0.25) is 0 Å². The largest absolute Gasteiger partial charge is 0.0622 e. The summed E-state index contributed by atoms with van der Waals surface area (Å²) in [5.74, 6) is 0. The number of benzene rings is 14. The molecule has 0 aliphatic heterocycles. The Morgan fingerprint density at radius 1 is 0.135 bits per heavy atom. The van der Waals surface area contributed by atoms with E-state index in [0.717, 1.165) is 0 Å². The zero-order valence-electron chi connectivity index (χ0n) is 40.4. The Hall–Kier alpha value is -9.62. The molecule has 0 N–H and O–H groups in total. The van der Waals surface area contributed by atoms with Crippen molar-refractivity contribution >= 4 is 97.0 Å². The lowest BCUT2D eigenvalue weighted by atomic mass is 9.81. The lowest BCUT2D eigenvalue weighted by Gasteiger charge is -2.21. The van der Waals surface area contributed by atoms with Crippen LogP contribution in [0.4, 0.5) is 0 Å². The minimum Gasteiger partial charge on any atom is -0.0622 e. The maximum atomic E-state index is 2.58. The van der Waals surface area contributed by atoms with Crippen molar-refractivity contribution in [1.82, 2.24) is 0 Å². The van der Waals surface area contributed by atoms with Gasteiger partial charge in [0.2, 0.25) is 0 Å². The fourth-order valence-corrected chi connectivity index (χ4v) is 13.1. The number of fused-ring (bicyclic) bond motifs is 12. The van der Waals surface area contributed by atoms with E-state index in [1.54, 1.807) is 0 Å². The van der Waals surface area contributed by atoms with E-state index in [1.807, 2.05) is 0 Å². The molecule has 16 aromatic carbocycles. The third kappa shape index (κ3) is 6.03. The summed E-state index contributed by atoms with van der Waals surface area (Å²) in [6.07, 6.45) is 0. The van der Waals surface area contributed by atoms with Crippen molar-refractivity contribution in [2.75, 3.05) is 0 Å². The molecule has 16 rings (SSSR count). The average molecular weight is 933 g/mol. The third-order valence-corrected chi connectivity index (χ3v) is 16.2. The Bertz CT molecular complexity index is 4780. The first-order valence-corrected chi connectivity index (χ1v) is 25.8. The van der Waals surface area contributed by atoms with Gasteiger partial charge < -0.3 is 0 Å². The van der Waals surface area contributed by atoms with Crippen molar-refractivity contribution in [1.29, 1.82) is 0 Å². The van der Waals surface area contributed by atoms with Gasteiger partial charge in [0.15, 0.2) is 0 Å². The normalized spacial score (nSPS) is 12.1. The molecule has 0 amide bonds. The van der Waals surface area contributed by atoms with Gasteiger partial charge in [-0.05, 0) is 212 Å². The van der Waals surface area contributed by atoms with Crippen LogP contribution >= 0.6 is 0 Å². The van der Waals surface area contributed by atoms with Crippen LogP contribution in [-0.4, -0.2) is 0 Å². The zero-order chi connectivity index (χ0) is 48.4. The van der Waals surface area contributed by atoms with Crippen molar-refractivity contribution in [3.8, 4) is 66.8 Å². The standard InChI is InChI=1S/C74H44/c1-5-19-45(20-6-1)51-37-52(46-21-7-2-8-22-46)40-55(39-51)68-66-44-64-59-30-16-15-29-58(59)60-31-17-33-62(70(60)64)72(66)69(56-41-53(47-23-9-3-10-24-47)38-54(42-56)48-25-11-4-12-26-48)74-65-43-50-36-35-49-27-13-14-28-57(49)67(50)61-32-18-34-63(71(61)65)73(68)74/h1-44H. The molecule has 0 aromatic heterocycles. The number of rotatable bonds is 6. The molecule has 0 nitrogen and oxygen atoms in total. The molecule has 0 atom stereocenters. The molecule has 0 aliphatic rings. The highest BCUT2D eigenvalue weighted by Crippen LogP contribution is 2.56.